The van der Waals surface area contributed by atoms with E-state index in [0.717, 1.165) is 25.8 Å². The first-order valence-electron chi connectivity index (χ1n) is 8.05. The van der Waals surface area contributed by atoms with Gasteiger partial charge in [-0.15, -0.1) is 11.3 Å². The third-order valence-electron chi connectivity index (χ3n) is 3.56. The van der Waals surface area contributed by atoms with Gasteiger partial charge in [0.05, 0.1) is 10.4 Å². The number of thiophene rings is 1. The third kappa shape index (κ3) is 5.54. The number of hydrogen-bond donors (Lipinski definition) is 1. The highest BCUT2D eigenvalue weighted by Gasteiger charge is 2.16. The van der Waals surface area contributed by atoms with Crippen LogP contribution in [0.1, 0.15) is 40.9 Å². The molecule has 2 heterocycles. The first-order chi connectivity index (χ1) is 11.6. The smallest absolute Gasteiger partial charge is 0.225 e. The molecule has 0 spiro atoms. The SMILES string of the molecule is CN(C)CCCCCC(=O)Nc1ncccc1C(=O)c1cccs1. The Labute approximate surface area is 146 Å². The summed E-state index contributed by atoms with van der Waals surface area (Å²) in [6.07, 6.45) is 4.94. The Morgan fingerprint density at radius 2 is 2.00 bits per heavy atom. The van der Waals surface area contributed by atoms with Gasteiger partial charge in [-0.1, -0.05) is 12.5 Å². The molecule has 0 aliphatic carbocycles. The standard InChI is InChI=1S/C18H23N3O2S/c1-21(2)12-5-3-4-10-16(22)20-18-14(8-6-11-19-18)17(23)15-9-7-13-24-15/h6-9,11,13H,3-5,10,12H2,1-2H3,(H,19,20,22). The van der Waals surface area contributed by atoms with Crippen molar-refractivity contribution in [3.8, 4) is 0 Å². The van der Waals surface area contributed by atoms with Gasteiger partial charge in [-0.3, -0.25) is 9.59 Å². The van der Waals surface area contributed by atoms with Gasteiger partial charge in [0.1, 0.15) is 5.82 Å². The number of nitrogens with one attached hydrogen (secondary N) is 1. The molecule has 0 aromatic carbocycles. The summed E-state index contributed by atoms with van der Waals surface area (Å²) in [6.45, 7) is 1.03. The summed E-state index contributed by atoms with van der Waals surface area (Å²) in [5.41, 5.74) is 0.431. The van der Waals surface area contributed by atoms with Crippen molar-refractivity contribution >= 4 is 28.8 Å². The number of hydrogen-bond acceptors (Lipinski definition) is 5. The van der Waals surface area contributed by atoms with Crippen LogP contribution in [-0.4, -0.2) is 42.2 Å². The molecule has 0 aliphatic rings. The number of amides is 1. The fraction of sp³-hybridized carbons (Fsp3) is 0.389. The summed E-state index contributed by atoms with van der Waals surface area (Å²) in [4.78, 5) is 31.5. The van der Waals surface area contributed by atoms with Gasteiger partial charge >= 0.3 is 0 Å². The second-order valence-corrected chi connectivity index (χ2v) is 6.82. The molecule has 2 rings (SSSR count). The predicted octanol–water partition coefficient (Wildman–Crippen LogP) is 3.43. The van der Waals surface area contributed by atoms with Crippen LogP contribution >= 0.6 is 11.3 Å². The van der Waals surface area contributed by atoms with Crippen LogP contribution in [0.5, 0.6) is 0 Å². The van der Waals surface area contributed by atoms with E-state index in [-0.39, 0.29) is 11.7 Å². The molecule has 128 valence electrons. The largest absolute Gasteiger partial charge is 0.310 e. The zero-order chi connectivity index (χ0) is 17.4. The highest BCUT2D eigenvalue weighted by Crippen LogP contribution is 2.20. The van der Waals surface area contributed by atoms with Crippen LogP contribution in [0.3, 0.4) is 0 Å². The van der Waals surface area contributed by atoms with Crippen molar-refractivity contribution in [3.05, 3.63) is 46.3 Å². The molecule has 24 heavy (non-hydrogen) atoms. The minimum atomic E-state index is -0.112. The highest BCUT2D eigenvalue weighted by atomic mass is 32.1. The average molecular weight is 345 g/mol. The second kappa shape index (κ2) is 9.30. The Morgan fingerprint density at radius 1 is 1.17 bits per heavy atom. The van der Waals surface area contributed by atoms with Gasteiger partial charge < -0.3 is 10.2 Å². The van der Waals surface area contributed by atoms with Gasteiger partial charge in [0, 0.05) is 12.6 Å². The van der Waals surface area contributed by atoms with Crippen molar-refractivity contribution in [1.29, 1.82) is 0 Å². The van der Waals surface area contributed by atoms with Gasteiger partial charge in [-0.25, -0.2) is 4.98 Å². The molecule has 0 aliphatic heterocycles. The number of ketones is 1. The summed E-state index contributed by atoms with van der Waals surface area (Å²) >= 11 is 1.38. The average Bonchev–Trinajstić information content (AvgIpc) is 3.08. The van der Waals surface area contributed by atoms with E-state index < -0.39 is 0 Å². The molecule has 2 aromatic heterocycles. The third-order valence-corrected chi connectivity index (χ3v) is 4.43. The van der Waals surface area contributed by atoms with Crippen LogP contribution in [-0.2, 0) is 4.79 Å². The van der Waals surface area contributed by atoms with E-state index >= 15 is 0 Å². The van der Waals surface area contributed by atoms with Gasteiger partial charge in [0.2, 0.25) is 11.7 Å². The number of pyridine rings is 1. The van der Waals surface area contributed by atoms with E-state index in [2.05, 4.69) is 15.2 Å². The monoisotopic (exact) mass is 345 g/mol. The quantitative estimate of drug-likeness (QED) is 0.559. The van der Waals surface area contributed by atoms with Gasteiger partial charge in [0.15, 0.2) is 0 Å². The minimum Gasteiger partial charge on any atom is -0.310 e. The second-order valence-electron chi connectivity index (χ2n) is 5.87. The maximum absolute atomic E-state index is 12.5. The van der Waals surface area contributed by atoms with Gasteiger partial charge in [0.25, 0.3) is 0 Å². The van der Waals surface area contributed by atoms with Crippen molar-refractivity contribution in [1.82, 2.24) is 9.88 Å². The Bertz CT molecular complexity index is 669. The summed E-state index contributed by atoms with van der Waals surface area (Å²) in [6, 6.07) is 7.01. The van der Waals surface area contributed by atoms with E-state index in [0.29, 0.717) is 22.7 Å². The van der Waals surface area contributed by atoms with E-state index in [9.17, 15) is 9.59 Å². The summed E-state index contributed by atoms with van der Waals surface area (Å²) in [5, 5.41) is 4.63. The van der Waals surface area contributed by atoms with Crippen molar-refractivity contribution in [3.63, 3.8) is 0 Å². The van der Waals surface area contributed by atoms with E-state index in [1.807, 2.05) is 25.5 Å². The Hall–Kier alpha value is -2.05. The van der Waals surface area contributed by atoms with E-state index in [1.54, 1.807) is 24.4 Å². The zero-order valence-corrected chi connectivity index (χ0v) is 14.9. The molecule has 0 atom stereocenters. The number of rotatable bonds is 9. The first-order valence-corrected chi connectivity index (χ1v) is 8.93. The van der Waals surface area contributed by atoms with Crippen LogP contribution < -0.4 is 5.32 Å². The number of anilines is 1. The van der Waals surface area contributed by atoms with Crippen LogP contribution in [0.15, 0.2) is 35.8 Å². The first kappa shape index (κ1) is 18.3. The van der Waals surface area contributed by atoms with Crippen molar-refractivity contribution < 1.29 is 9.59 Å². The minimum absolute atomic E-state index is 0.0983. The molecule has 6 heteroatoms. The van der Waals surface area contributed by atoms with Crippen LogP contribution in [0, 0.1) is 0 Å². The molecule has 1 N–H and O–H groups in total. The molecular weight excluding hydrogens is 322 g/mol. The number of nitrogens with zero attached hydrogens (tertiary/aromatic N) is 2. The van der Waals surface area contributed by atoms with Gasteiger partial charge in [-0.05, 0) is 57.1 Å². The predicted molar refractivity (Wildman–Crippen MR) is 97.6 cm³/mol. The van der Waals surface area contributed by atoms with Crippen molar-refractivity contribution in [2.45, 2.75) is 25.7 Å². The van der Waals surface area contributed by atoms with Crippen molar-refractivity contribution in [2.75, 3.05) is 26.0 Å². The highest BCUT2D eigenvalue weighted by molar-refractivity contribution is 7.12. The lowest BCUT2D eigenvalue weighted by Gasteiger charge is -2.10. The molecule has 0 saturated heterocycles. The number of carbonyl (C=O) groups excluding carboxylic acids is 2. The number of unbranched alkanes of at least 4 members (excludes halogenated alkanes) is 2. The molecule has 5 nitrogen and oxygen atoms in total. The maximum atomic E-state index is 12.5. The Balaban J connectivity index is 1.90. The lowest BCUT2D eigenvalue weighted by atomic mass is 10.1. The fourth-order valence-corrected chi connectivity index (χ4v) is 2.99. The van der Waals surface area contributed by atoms with Crippen LogP contribution in [0.2, 0.25) is 0 Å². The van der Waals surface area contributed by atoms with E-state index in [4.69, 9.17) is 0 Å². The Kier molecular flexibility index (Phi) is 7.08. The van der Waals surface area contributed by atoms with Crippen LogP contribution in [0.4, 0.5) is 5.82 Å². The molecule has 0 unspecified atom stereocenters. The van der Waals surface area contributed by atoms with E-state index in [1.165, 1.54) is 11.3 Å². The molecule has 1 amide bonds. The molecule has 0 bridgehead atoms. The fourth-order valence-electron chi connectivity index (χ4n) is 2.31. The number of carbonyl (C=O) groups is 2. The van der Waals surface area contributed by atoms with Crippen molar-refractivity contribution in [2.24, 2.45) is 0 Å². The maximum Gasteiger partial charge on any atom is 0.225 e. The van der Waals surface area contributed by atoms with Crippen LogP contribution in [0.25, 0.3) is 0 Å². The molecule has 2 aromatic rings. The summed E-state index contributed by atoms with van der Waals surface area (Å²) in [7, 11) is 4.08. The molecule has 0 radical (unpaired) electrons. The molecule has 0 fully saturated rings. The Morgan fingerprint density at radius 3 is 2.71 bits per heavy atom. The number of aromatic nitrogens is 1. The zero-order valence-electron chi connectivity index (χ0n) is 14.1. The summed E-state index contributed by atoms with van der Waals surface area (Å²) in [5.74, 6) is 0.132. The normalized spacial score (nSPS) is 10.8. The molecule has 0 saturated carbocycles. The lowest BCUT2D eigenvalue weighted by Crippen LogP contribution is -2.16. The van der Waals surface area contributed by atoms with Gasteiger partial charge in [-0.2, -0.15) is 0 Å². The topological polar surface area (TPSA) is 62.3 Å². The molecular formula is C18H23N3O2S. The summed E-state index contributed by atoms with van der Waals surface area (Å²) < 4.78 is 0. The lowest BCUT2D eigenvalue weighted by molar-refractivity contribution is -0.116.